The Balaban J connectivity index is 2.47. The molecule has 1 aromatic carbocycles. The largest absolute Gasteiger partial charge is 0.383 e. The van der Waals surface area contributed by atoms with Crippen molar-refractivity contribution < 1.29 is 4.79 Å². The first-order chi connectivity index (χ1) is 9.72. The molecule has 0 aliphatic rings. The minimum absolute atomic E-state index is 0.177. The molecule has 0 atom stereocenters. The van der Waals surface area contributed by atoms with Crippen LogP contribution in [0, 0.1) is 11.3 Å². The maximum absolute atomic E-state index is 12.1. The van der Waals surface area contributed by atoms with Gasteiger partial charge in [0.2, 0.25) is 5.91 Å². The fraction of sp³-hybridized carbons (Fsp3) is 0.500. The van der Waals surface area contributed by atoms with Crippen LogP contribution in [0.3, 0.4) is 0 Å². The van der Waals surface area contributed by atoms with Gasteiger partial charge >= 0.3 is 0 Å². The van der Waals surface area contributed by atoms with E-state index in [1.54, 1.807) is 6.07 Å². The molecule has 1 amide bonds. The van der Waals surface area contributed by atoms with Crippen molar-refractivity contribution in [2.24, 2.45) is 0 Å². The number of benzene rings is 1. The van der Waals surface area contributed by atoms with E-state index in [0.717, 1.165) is 31.6 Å². The predicted molar refractivity (Wildman–Crippen MR) is 81.4 cm³/mol. The van der Waals surface area contributed by atoms with Gasteiger partial charge in [0.1, 0.15) is 6.07 Å². The molecule has 1 aromatic rings. The van der Waals surface area contributed by atoms with E-state index in [9.17, 15) is 4.79 Å². The summed E-state index contributed by atoms with van der Waals surface area (Å²) in [4.78, 5) is 14.0. The quantitative estimate of drug-likeness (QED) is 0.792. The topological polar surface area (TPSA) is 56.1 Å². The normalized spacial score (nSPS) is 9.85. The lowest BCUT2D eigenvalue weighted by molar-refractivity contribution is -0.131. The maximum atomic E-state index is 12.1. The number of para-hydroxylation sites is 1. The molecule has 0 fully saturated rings. The van der Waals surface area contributed by atoms with E-state index in [2.05, 4.69) is 25.2 Å². The van der Waals surface area contributed by atoms with Crippen molar-refractivity contribution in [3.8, 4) is 6.07 Å². The van der Waals surface area contributed by atoms with E-state index >= 15 is 0 Å². The number of nitriles is 1. The first-order valence-corrected chi connectivity index (χ1v) is 7.23. The standard InChI is InChI=1S/C16H23N3O/c1-3-11-19(12-4-2)16(20)9-10-18-15-8-6-5-7-14(15)13-17/h5-8,18H,3-4,9-12H2,1-2H3. The molecule has 4 heteroatoms. The molecule has 0 saturated carbocycles. The third kappa shape index (κ3) is 4.93. The molecule has 1 rings (SSSR count). The van der Waals surface area contributed by atoms with Crippen molar-refractivity contribution in [3.05, 3.63) is 29.8 Å². The van der Waals surface area contributed by atoms with Gasteiger partial charge in [-0.15, -0.1) is 0 Å². The second-order valence-electron chi connectivity index (χ2n) is 4.71. The van der Waals surface area contributed by atoms with E-state index in [1.165, 1.54) is 0 Å². The predicted octanol–water partition coefficient (Wildman–Crippen LogP) is 3.01. The van der Waals surface area contributed by atoms with Gasteiger partial charge in [-0.1, -0.05) is 26.0 Å². The molecule has 0 aromatic heterocycles. The van der Waals surface area contributed by atoms with Crippen LogP contribution >= 0.6 is 0 Å². The number of hydrogen-bond donors (Lipinski definition) is 1. The number of amides is 1. The number of carbonyl (C=O) groups is 1. The lowest BCUT2D eigenvalue weighted by atomic mass is 10.2. The Morgan fingerprint density at radius 1 is 1.25 bits per heavy atom. The minimum atomic E-state index is 0.177. The van der Waals surface area contributed by atoms with Crippen LogP contribution in [-0.2, 0) is 4.79 Å². The number of nitrogens with zero attached hydrogens (tertiary/aromatic N) is 2. The molecule has 108 valence electrons. The van der Waals surface area contributed by atoms with Gasteiger partial charge in [0.25, 0.3) is 0 Å². The molecule has 1 N–H and O–H groups in total. The Kier molecular flexibility index (Phi) is 7.20. The molecule has 0 aliphatic heterocycles. The van der Waals surface area contributed by atoms with Crippen molar-refractivity contribution in [1.29, 1.82) is 5.26 Å². The van der Waals surface area contributed by atoms with Gasteiger partial charge in [0.05, 0.1) is 11.3 Å². The second-order valence-corrected chi connectivity index (χ2v) is 4.71. The van der Waals surface area contributed by atoms with Gasteiger partial charge < -0.3 is 10.2 Å². The maximum Gasteiger partial charge on any atom is 0.224 e. The minimum Gasteiger partial charge on any atom is -0.383 e. The number of carbonyl (C=O) groups excluding carboxylic acids is 1. The monoisotopic (exact) mass is 273 g/mol. The van der Waals surface area contributed by atoms with Gasteiger partial charge in [-0.3, -0.25) is 4.79 Å². The molecule has 0 heterocycles. The summed E-state index contributed by atoms with van der Waals surface area (Å²) in [6.45, 7) is 6.36. The lowest BCUT2D eigenvalue weighted by Crippen LogP contribution is -2.33. The van der Waals surface area contributed by atoms with Crippen molar-refractivity contribution >= 4 is 11.6 Å². The van der Waals surface area contributed by atoms with Crippen LogP contribution in [0.1, 0.15) is 38.7 Å². The first kappa shape index (κ1) is 16.0. The first-order valence-electron chi connectivity index (χ1n) is 7.23. The SMILES string of the molecule is CCCN(CCC)C(=O)CCNc1ccccc1C#N. The van der Waals surface area contributed by atoms with E-state index in [-0.39, 0.29) is 5.91 Å². The fourth-order valence-corrected chi connectivity index (χ4v) is 2.10. The highest BCUT2D eigenvalue weighted by molar-refractivity contribution is 5.76. The molecule has 0 radical (unpaired) electrons. The average molecular weight is 273 g/mol. The van der Waals surface area contributed by atoms with Crippen LogP contribution in [-0.4, -0.2) is 30.4 Å². The third-order valence-electron chi connectivity index (χ3n) is 3.04. The summed E-state index contributed by atoms with van der Waals surface area (Å²) < 4.78 is 0. The number of anilines is 1. The highest BCUT2D eigenvalue weighted by Crippen LogP contribution is 2.13. The molecule has 0 bridgehead atoms. The molecule has 0 unspecified atom stereocenters. The van der Waals surface area contributed by atoms with E-state index < -0.39 is 0 Å². The summed E-state index contributed by atoms with van der Waals surface area (Å²) in [5, 5.41) is 12.2. The van der Waals surface area contributed by atoms with Gasteiger partial charge in [-0.05, 0) is 25.0 Å². The highest BCUT2D eigenvalue weighted by Gasteiger charge is 2.11. The summed E-state index contributed by atoms with van der Waals surface area (Å²) in [6, 6.07) is 9.48. The van der Waals surface area contributed by atoms with E-state index in [0.29, 0.717) is 18.5 Å². The second kappa shape index (κ2) is 8.98. The summed E-state index contributed by atoms with van der Waals surface area (Å²) in [6.07, 6.45) is 2.42. The van der Waals surface area contributed by atoms with Crippen molar-refractivity contribution in [2.45, 2.75) is 33.1 Å². The Morgan fingerprint density at radius 3 is 2.50 bits per heavy atom. The number of nitrogens with one attached hydrogen (secondary N) is 1. The molecule has 0 aliphatic carbocycles. The summed E-state index contributed by atoms with van der Waals surface area (Å²) in [7, 11) is 0. The molecule has 4 nitrogen and oxygen atoms in total. The zero-order chi connectivity index (χ0) is 14.8. The lowest BCUT2D eigenvalue weighted by Gasteiger charge is -2.21. The Morgan fingerprint density at radius 2 is 1.90 bits per heavy atom. The summed E-state index contributed by atoms with van der Waals surface area (Å²) >= 11 is 0. The van der Waals surface area contributed by atoms with Gasteiger partial charge in [0, 0.05) is 26.1 Å². The van der Waals surface area contributed by atoms with Crippen molar-refractivity contribution in [1.82, 2.24) is 4.90 Å². The van der Waals surface area contributed by atoms with Crippen molar-refractivity contribution in [3.63, 3.8) is 0 Å². The van der Waals surface area contributed by atoms with Crippen LogP contribution < -0.4 is 5.32 Å². The van der Waals surface area contributed by atoms with Crippen molar-refractivity contribution in [2.75, 3.05) is 25.0 Å². The fourth-order valence-electron chi connectivity index (χ4n) is 2.10. The van der Waals surface area contributed by atoms with Crippen LogP contribution in [0.15, 0.2) is 24.3 Å². The van der Waals surface area contributed by atoms with Gasteiger partial charge in [0.15, 0.2) is 0 Å². The molecule has 20 heavy (non-hydrogen) atoms. The zero-order valence-corrected chi connectivity index (χ0v) is 12.4. The smallest absolute Gasteiger partial charge is 0.224 e. The average Bonchev–Trinajstić information content (AvgIpc) is 2.47. The molecular formula is C16H23N3O. The van der Waals surface area contributed by atoms with Gasteiger partial charge in [-0.25, -0.2) is 0 Å². The molecular weight excluding hydrogens is 250 g/mol. The Labute approximate surface area is 121 Å². The molecule has 0 saturated heterocycles. The highest BCUT2D eigenvalue weighted by atomic mass is 16.2. The number of rotatable bonds is 8. The van der Waals surface area contributed by atoms with Crippen LogP contribution in [0.5, 0.6) is 0 Å². The third-order valence-corrected chi connectivity index (χ3v) is 3.04. The number of hydrogen-bond acceptors (Lipinski definition) is 3. The van der Waals surface area contributed by atoms with Gasteiger partial charge in [-0.2, -0.15) is 5.26 Å². The molecule has 0 spiro atoms. The Bertz CT molecular complexity index is 459. The van der Waals surface area contributed by atoms with Crippen LogP contribution in [0.2, 0.25) is 0 Å². The van der Waals surface area contributed by atoms with E-state index in [4.69, 9.17) is 5.26 Å². The van der Waals surface area contributed by atoms with Crippen LogP contribution in [0.25, 0.3) is 0 Å². The summed E-state index contributed by atoms with van der Waals surface area (Å²) in [5.74, 6) is 0.177. The van der Waals surface area contributed by atoms with Crippen LogP contribution in [0.4, 0.5) is 5.69 Å². The Hall–Kier alpha value is -2.02. The zero-order valence-electron chi connectivity index (χ0n) is 12.4. The van der Waals surface area contributed by atoms with E-state index in [1.807, 2.05) is 23.1 Å². The summed E-state index contributed by atoms with van der Waals surface area (Å²) in [5.41, 5.74) is 1.40.